The van der Waals surface area contributed by atoms with Crippen molar-refractivity contribution in [3.8, 4) is 0 Å². The molecule has 100 valence electrons. The van der Waals surface area contributed by atoms with Crippen molar-refractivity contribution >= 4 is 11.4 Å². The Bertz CT molecular complexity index is 432. The lowest BCUT2D eigenvalue weighted by Gasteiger charge is -2.44. The summed E-state index contributed by atoms with van der Waals surface area (Å²) in [6.45, 7) is 7.66. The van der Waals surface area contributed by atoms with Crippen LogP contribution in [-0.4, -0.2) is 36.5 Å². The van der Waals surface area contributed by atoms with Crippen LogP contribution in [0.2, 0.25) is 0 Å². The molecule has 0 aliphatic carbocycles. The minimum absolute atomic E-state index is 0.0429. The molecule has 1 aliphatic heterocycles. The van der Waals surface area contributed by atoms with E-state index in [0.29, 0.717) is 6.54 Å². The summed E-state index contributed by atoms with van der Waals surface area (Å²) in [6.07, 6.45) is -0.144. The molecule has 0 bridgehead atoms. The molecule has 1 heterocycles. The molecule has 18 heavy (non-hydrogen) atoms. The van der Waals surface area contributed by atoms with E-state index in [2.05, 4.69) is 11.0 Å². The second-order valence-corrected chi connectivity index (χ2v) is 5.55. The maximum absolute atomic E-state index is 9.34. The van der Waals surface area contributed by atoms with Gasteiger partial charge in [-0.05, 0) is 38.5 Å². The Labute approximate surface area is 108 Å². The Morgan fingerprint density at radius 3 is 2.89 bits per heavy atom. The molecule has 0 spiro atoms. The van der Waals surface area contributed by atoms with Gasteiger partial charge in [0.1, 0.15) is 0 Å². The van der Waals surface area contributed by atoms with Crippen LogP contribution in [-0.2, 0) is 4.74 Å². The van der Waals surface area contributed by atoms with Crippen molar-refractivity contribution in [3.05, 3.63) is 23.8 Å². The number of nitrogen functional groups attached to an aromatic ring is 1. The van der Waals surface area contributed by atoms with E-state index in [9.17, 15) is 5.11 Å². The van der Waals surface area contributed by atoms with Crippen molar-refractivity contribution in [2.24, 2.45) is 0 Å². The van der Waals surface area contributed by atoms with Crippen molar-refractivity contribution in [1.82, 2.24) is 0 Å². The Morgan fingerprint density at radius 2 is 2.22 bits per heavy atom. The van der Waals surface area contributed by atoms with Gasteiger partial charge in [0.15, 0.2) is 0 Å². The summed E-state index contributed by atoms with van der Waals surface area (Å²) in [5, 5.41) is 9.34. The molecule has 3 N–H and O–H groups in total. The van der Waals surface area contributed by atoms with E-state index in [0.717, 1.165) is 23.5 Å². The zero-order chi connectivity index (χ0) is 13.3. The summed E-state index contributed by atoms with van der Waals surface area (Å²) >= 11 is 0. The SMILES string of the molecule is Cc1c(N)cccc1N1CC(CO)OC(C)(C)C1. The lowest BCUT2D eigenvalue weighted by molar-refractivity contribution is -0.101. The molecule has 4 nitrogen and oxygen atoms in total. The van der Waals surface area contributed by atoms with E-state index < -0.39 is 0 Å². The third kappa shape index (κ3) is 2.60. The van der Waals surface area contributed by atoms with Crippen LogP contribution in [0.1, 0.15) is 19.4 Å². The van der Waals surface area contributed by atoms with Gasteiger partial charge in [-0.1, -0.05) is 6.07 Å². The largest absolute Gasteiger partial charge is 0.398 e. The number of aliphatic hydroxyl groups excluding tert-OH is 1. The number of anilines is 2. The van der Waals surface area contributed by atoms with E-state index in [1.165, 1.54) is 0 Å². The Hall–Kier alpha value is -1.26. The van der Waals surface area contributed by atoms with Crippen LogP contribution in [0.3, 0.4) is 0 Å². The number of ether oxygens (including phenoxy) is 1. The van der Waals surface area contributed by atoms with Crippen LogP contribution in [0.4, 0.5) is 11.4 Å². The smallest absolute Gasteiger partial charge is 0.0988 e. The monoisotopic (exact) mass is 250 g/mol. The number of hydrogen-bond donors (Lipinski definition) is 2. The second kappa shape index (κ2) is 4.78. The predicted molar refractivity (Wildman–Crippen MR) is 73.8 cm³/mol. The van der Waals surface area contributed by atoms with Gasteiger partial charge in [0.05, 0.1) is 18.3 Å². The Kier molecular flexibility index (Phi) is 3.50. The first-order chi connectivity index (χ1) is 8.43. The molecule has 0 radical (unpaired) electrons. The van der Waals surface area contributed by atoms with Gasteiger partial charge in [-0.15, -0.1) is 0 Å². The number of morpholine rings is 1. The molecule has 1 aliphatic rings. The topological polar surface area (TPSA) is 58.7 Å². The highest BCUT2D eigenvalue weighted by atomic mass is 16.5. The fourth-order valence-corrected chi connectivity index (χ4v) is 2.56. The van der Waals surface area contributed by atoms with Gasteiger partial charge in [-0.25, -0.2) is 0 Å². The molecule has 0 aromatic heterocycles. The number of benzene rings is 1. The van der Waals surface area contributed by atoms with Gasteiger partial charge >= 0.3 is 0 Å². The average Bonchev–Trinajstić information content (AvgIpc) is 2.30. The molecule has 1 fully saturated rings. The Morgan fingerprint density at radius 1 is 1.50 bits per heavy atom. The van der Waals surface area contributed by atoms with Crippen LogP contribution in [0.15, 0.2) is 18.2 Å². The number of nitrogens with two attached hydrogens (primary N) is 1. The fraction of sp³-hybridized carbons (Fsp3) is 0.571. The van der Waals surface area contributed by atoms with E-state index in [-0.39, 0.29) is 18.3 Å². The molecule has 1 aromatic rings. The molecule has 0 amide bonds. The van der Waals surface area contributed by atoms with Gasteiger partial charge < -0.3 is 20.5 Å². The first-order valence-corrected chi connectivity index (χ1v) is 6.31. The van der Waals surface area contributed by atoms with Crippen LogP contribution in [0.5, 0.6) is 0 Å². The molecule has 2 rings (SSSR count). The summed E-state index contributed by atoms with van der Waals surface area (Å²) in [6, 6.07) is 5.95. The molecule has 1 saturated heterocycles. The summed E-state index contributed by atoms with van der Waals surface area (Å²) in [7, 11) is 0. The third-order valence-electron chi connectivity index (χ3n) is 3.37. The Balaban J connectivity index is 2.29. The van der Waals surface area contributed by atoms with E-state index in [1.807, 2.05) is 32.9 Å². The van der Waals surface area contributed by atoms with Gasteiger partial charge in [-0.2, -0.15) is 0 Å². The zero-order valence-electron chi connectivity index (χ0n) is 11.3. The average molecular weight is 250 g/mol. The molecule has 4 heteroatoms. The van der Waals surface area contributed by atoms with Crippen LogP contribution in [0, 0.1) is 6.92 Å². The van der Waals surface area contributed by atoms with Gasteiger partial charge in [0.25, 0.3) is 0 Å². The first-order valence-electron chi connectivity index (χ1n) is 6.31. The number of nitrogens with zero attached hydrogens (tertiary/aromatic N) is 1. The van der Waals surface area contributed by atoms with Gasteiger partial charge in [0, 0.05) is 24.5 Å². The minimum Gasteiger partial charge on any atom is -0.398 e. The standard InChI is InChI=1S/C14H22N2O2/c1-10-12(15)5-4-6-13(10)16-7-11(8-17)18-14(2,3)9-16/h4-6,11,17H,7-9,15H2,1-3H3. The first kappa shape index (κ1) is 13.2. The highest BCUT2D eigenvalue weighted by Crippen LogP contribution is 2.30. The summed E-state index contributed by atoms with van der Waals surface area (Å²) < 4.78 is 5.82. The maximum atomic E-state index is 9.34. The molecule has 1 aromatic carbocycles. The highest BCUT2D eigenvalue weighted by molar-refractivity contribution is 5.64. The van der Waals surface area contributed by atoms with Crippen molar-refractivity contribution in [3.63, 3.8) is 0 Å². The van der Waals surface area contributed by atoms with Crippen molar-refractivity contribution in [1.29, 1.82) is 0 Å². The predicted octanol–water partition coefficient (Wildman–Crippen LogP) is 1.55. The number of hydrogen-bond acceptors (Lipinski definition) is 4. The minimum atomic E-state index is -0.261. The van der Waals surface area contributed by atoms with E-state index in [1.54, 1.807) is 0 Å². The van der Waals surface area contributed by atoms with Crippen LogP contribution < -0.4 is 10.6 Å². The lowest BCUT2D eigenvalue weighted by atomic mass is 10.0. The van der Waals surface area contributed by atoms with Gasteiger partial charge in [0.2, 0.25) is 0 Å². The summed E-state index contributed by atoms with van der Waals surface area (Å²) in [4.78, 5) is 2.25. The fourth-order valence-electron chi connectivity index (χ4n) is 2.56. The van der Waals surface area contributed by atoms with E-state index in [4.69, 9.17) is 10.5 Å². The third-order valence-corrected chi connectivity index (χ3v) is 3.37. The second-order valence-electron chi connectivity index (χ2n) is 5.55. The number of aliphatic hydroxyl groups is 1. The van der Waals surface area contributed by atoms with Crippen molar-refractivity contribution < 1.29 is 9.84 Å². The summed E-state index contributed by atoms with van der Waals surface area (Å²) in [5.41, 5.74) is 8.72. The van der Waals surface area contributed by atoms with Crippen molar-refractivity contribution in [2.75, 3.05) is 30.3 Å². The van der Waals surface area contributed by atoms with Crippen molar-refractivity contribution in [2.45, 2.75) is 32.5 Å². The normalized spacial score (nSPS) is 23.1. The highest BCUT2D eigenvalue weighted by Gasteiger charge is 2.33. The quantitative estimate of drug-likeness (QED) is 0.782. The van der Waals surface area contributed by atoms with Crippen LogP contribution >= 0.6 is 0 Å². The van der Waals surface area contributed by atoms with Crippen LogP contribution in [0.25, 0.3) is 0 Å². The number of rotatable bonds is 2. The zero-order valence-corrected chi connectivity index (χ0v) is 11.3. The molecule has 0 saturated carbocycles. The molecule has 1 atom stereocenters. The summed E-state index contributed by atoms with van der Waals surface area (Å²) in [5.74, 6) is 0. The van der Waals surface area contributed by atoms with Gasteiger partial charge in [-0.3, -0.25) is 0 Å². The maximum Gasteiger partial charge on any atom is 0.0988 e. The molecular formula is C14H22N2O2. The van der Waals surface area contributed by atoms with E-state index >= 15 is 0 Å². The lowest BCUT2D eigenvalue weighted by Crippen LogP contribution is -2.54. The molecule has 1 unspecified atom stereocenters. The molecular weight excluding hydrogens is 228 g/mol.